The lowest BCUT2D eigenvalue weighted by Crippen LogP contribution is -2.29. The lowest BCUT2D eigenvalue weighted by Gasteiger charge is -2.07. The molecule has 4 heteroatoms. The molecule has 1 aliphatic rings. The first-order valence-electron chi connectivity index (χ1n) is 4.70. The van der Waals surface area contributed by atoms with Crippen LogP contribution >= 0.6 is 0 Å². The van der Waals surface area contributed by atoms with Crippen LogP contribution in [-0.4, -0.2) is 31.3 Å². The Morgan fingerprint density at radius 1 is 1.46 bits per heavy atom. The number of carbonyl (C=O) groups is 2. The Kier molecular flexibility index (Phi) is 3.89. The summed E-state index contributed by atoms with van der Waals surface area (Å²) in [5.74, 6) is -0.0712. The number of hydrogen-bond acceptors (Lipinski definition) is 3. The van der Waals surface area contributed by atoms with E-state index in [-0.39, 0.29) is 24.2 Å². The smallest absolute Gasteiger partial charge is 0.228 e. The van der Waals surface area contributed by atoms with Crippen LogP contribution in [-0.2, 0) is 9.59 Å². The van der Waals surface area contributed by atoms with E-state index in [1.165, 1.54) is 0 Å². The van der Waals surface area contributed by atoms with Gasteiger partial charge in [0.1, 0.15) is 0 Å². The second-order valence-electron chi connectivity index (χ2n) is 3.36. The standard InChI is InChI=1S/C9H16N2O2/c1-10-5-3-2-4-7-8(12)6-9(13)11-7/h7,10H,2-6H2,1H3,(H,11,13). The Labute approximate surface area is 78.1 Å². The number of ketones is 1. The van der Waals surface area contributed by atoms with Crippen LogP contribution in [0.25, 0.3) is 0 Å². The molecule has 0 aromatic carbocycles. The predicted octanol–water partition coefficient (Wildman–Crippen LogP) is -0.166. The molecule has 1 rings (SSSR count). The largest absolute Gasteiger partial charge is 0.346 e. The van der Waals surface area contributed by atoms with Crippen molar-refractivity contribution < 1.29 is 9.59 Å². The molecule has 0 radical (unpaired) electrons. The van der Waals surface area contributed by atoms with Crippen LogP contribution in [0.4, 0.5) is 0 Å². The van der Waals surface area contributed by atoms with E-state index in [0.717, 1.165) is 25.8 Å². The second kappa shape index (κ2) is 4.97. The lowest BCUT2D eigenvalue weighted by atomic mass is 10.1. The van der Waals surface area contributed by atoms with Crippen molar-refractivity contribution in [1.82, 2.24) is 10.6 Å². The monoisotopic (exact) mass is 184 g/mol. The van der Waals surface area contributed by atoms with E-state index >= 15 is 0 Å². The Morgan fingerprint density at radius 2 is 2.23 bits per heavy atom. The first-order valence-corrected chi connectivity index (χ1v) is 4.70. The van der Waals surface area contributed by atoms with Crippen LogP contribution in [0.5, 0.6) is 0 Å². The molecular weight excluding hydrogens is 168 g/mol. The third kappa shape index (κ3) is 3.14. The summed E-state index contributed by atoms with van der Waals surface area (Å²) in [7, 11) is 1.91. The van der Waals surface area contributed by atoms with Gasteiger partial charge in [-0.1, -0.05) is 0 Å². The summed E-state index contributed by atoms with van der Waals surface area (Å²) in [6, 6.07) is -0.204. The minimum Gasteiger partial charge on any atom is -0.346 e. The van der Waals surface area contributed by atoms with Gasteiger partial charge in [0.15, 0.2) is 5.78 Å². The number of Topliss-reactive ketones (excluding diaryl/α,β-unsaturated/α-hetero) is 1. The minimum absolute atomic E-state index is 0.0504. The first kappa shape index (κ1) is 10.2. The molecule has 0 aromatic rings. The molecule has 4 nitrogen and oxygen atoms in total. The van der Waals surface area contributed by atoms with Gasteiger partial charge >= 0.3 is 0 Å². The fraction of sp³-hybridized carbons (Fsp3) is 0.778. The van der Waals surface area contributed by atoms with Crippen molar-refractivity contribution in [2.75, 3.05) is 13.6 Å². The maximum absolute atomic E-state index is 11.1. The molecule has 0 bridgehead atoms. The average Bonchev–Trinajstić information content (AvgIpc) is 2.39. The van der Waals surface area contributed by atoms with Crippen LogP contribution < -0.4 is 10.6 Å². The van der Waals surface area contributed by atoms with Gasteiger partial charge in [-0.2, -0.15) is 0 Å². The summed E-state index contributed by atoms with van der Waals surface area (Å²) in [5, 5.41) is 5.71. The van der Waals surface area contributed by atoms with E-state index in [4.69, 9.17) is 0 Å². The third-order valence-corrected chi connectivity index (χ3v) is 2.23. The highest BCUT2D eigenvalue weighted by Gasteiger charge is 2.28. The summed E-state index contributed by atoms with van der Waals surface area (Å²) in [5.41, 5.74) is 0. The Balaban J connectivity index is 2.14. The van der Waals surface area contributed by atoms with Crippen molar-refractivity contribution in [2.24, 2.45) is 0 Å². The van der Waals surface area contributed by atoms with Crippen LogP contribution in [0.15, 0.2) is 0 Å². The number of hydrogen-bond donors (Lipinski definition) is 2. The zero-order chi connectivity index (χ0) is 9.68. The fourth-order valence-corrected chi connectivity index (χ4v) is 1.49. The summed E-state index contributed by atoms with van der Waals surface area (Å²) >= 11 is 0. The van der Waals surface area contributed by atoms with Gasteiger partial charge in [-0.3, -0.25) is 9.59 Å². The van der Waals surface area contributed by atoms with Gasteiger partial charge in [-0.05, 0) is 32.9 Å². The van der Waals surface area contributed by atoms with E-state index in [9.17, 15) is 9.59 Å². The SMILES string of the molecule is CNCCCCC1NC(=O)CC1=O. The number of rotatable bonds is 5. The second-order valence-corrected chi connectivity index (χ2v) is 3.36. The van der Waals surface area contributed by atoms with Gasteiger partial charge < -0.3 is 10.6 Å². The Hall–Kier alpha value is -0.900. The van der Waals surface area contributed by atoms with Crippen LogP contribution in [0.2, 0.25) is 0 Å². The van der Waals surface area contributed by atoms with Gasteiger partial charge in [0, 0.05) is 0 Å². The molecule has 74 valence electrons. The van der Waals surface area contributed by atoms with Gasteiger partial charge in [0.05, 0.1) is 12.5 Å². The first-order chi connectivity index (χ1) is 6.24. The molecule has 0 aliphatic carbocycles. The molecule has 1 unspecified atom stereocenters. The zero-order valence-corrected chi connectivity index (χ0v) is 7.93. The van der Waals surface area contributed by atoms with Crippen molar-refractivity contribution >= 4 is 11.7 Å². The van der Waals surface area contributed by atoms with Crippen molar-refractivity contribution in [2.45, 2.75) is 31.7 Å². The molecule has 1 amide bonds. The van der Waals surface area contributed by atoms with Crippen LogP contribution in [0.3, 0.4) is 0 Å². The van der Waals surface area contributed by atoms with E-state index in [1.54, 1.807) is 0 Å². The Bertz CT molecular complexity index is 204. The fourth-order valence-electron chi connectivity index (χ4n) is 1.49. The van der Waals surface area contributed by atoms with E-state index < -0.39 is 0 Å². The summed E-state index contributed by atoms with van der Waals surface area (Å²) in [6.45, 7) is 0.967. The van der Waals surface area contributed by atoms with Crippen molar-refractivity contribution in [3.63, 3.8) is 0 Å². The zero-order valence-electron chi connectivity index (χ0n) is 7.93. The molecule has 1 heterocycles. The normalized spacial score (nSPS) is 22.1. The van der Waals surface area contributed by atoms with E-state index in [1.807, 2.05) is 7.05 Å². The molecule has 0 spiro atoms. The maximum atomic E-state index is 11.1. The summed E-state index contributed by atoms with van der Waals surface area (Å²) < 4.78 is 0. The Morgan fingerprint density at radius 3 is 2.77 bits per heavy atom. The van der Waals surface area contributed by atoms with E-state index in [0.29, 0.717) is 0 Å². The van der Waals surface area contributed by atoms with Crippen molar-refractivity contribution in [3.05, 3.63) is 0 Å². The predicted molar refractivity (Wildman–Crippen MR) is 49.3 cm³/mol. The molecular formula is C9H16N2O2. The molecule has 0 saturated carbocycles. The molecule has 2 N–H and O–H groups in total. The van der Waals surface area contributed by atoms with Gasteiger partial charge in [0.25, 0.3) is 0 Å². The molecule has 1 fully saturated rings. The average molecular weight is 184 g/mol. The quantitative estimate of drug-likeness (QED) is 0.461. The summed E-state index contributed by atoms with van der Waals surface area (Å²) in [6.07, 6.45) is 2.90. The molecule has 1 atom stereocenters. The lowest BCUT2D eigenvalue weighted by molar-refractivity contribution is -0.122. The van der Waals surface area contributed by atoms with Crippen LogP contribution in [0.1, 0.15) is 25.7 Å². The number of unbranched alkanes of at least 4 members (excludes halogenated alkanes) is 1. The van der Waals surface area contributed by atoms with E-state index in [2.05, 4.69) is 10.6 Å². The highest BCUT2D eigenvalue weighted by atomic mass is 16.2. The van der Waals surface area contributed by atoms with Gasteiger partial charge in [-0.15, -0.1) is 0 Å². The van der Waals surface area contributed by atoms with Crippen molar-refractivity contribution in [3.8, 4) is 0 Å². The summed E-state index contributed by atoms with van der Waals surface area (Å²) in [4.78, 5) is 22.0. The third-order valence-electron chi connectivity index (χ3n) is 2.23. The highest BCUT2D eigenvalue weighted by molar-refractivity contribution is 6.07. The molecule has 0 aromatic heterocycles. The van der Waals surface area contributed by atoms with Gasteiger partial charge in [0.2, 0.25) is 5.91 Å². The molecule has 13 heavy (non-hydrogen) atoms. The number of nitrogens with one attached hydrogen (secondary N) is 2. The van der Waals surface area contributed by atoms with Gasteiger partial charge in [-0.25, -0.2) is 0 Å². The number of amides is 1. The minimum atomic E-state index is -0.204. The number of carbonyl (C=O) groups excluding carboxylic acids is 2. The van der Waals surface area contributed by atoms with Crippen LogP contribution in [0, 0.1) is 0 Å². The maximum Gasteiger partial charge on any atom is 0.228 e. The molecule has 1 saturated heterocycles. The topological polar surface area (TPSA) is 58.2 Å². The highest BCUT2D eigenvalue weighted by Crippen LogP contribution is 2.09. The molecule has 1 aliphatic heterocycles. The van der Waals surface area contributed by atoms with Crippen molar-refractivity contribution in [1.29, 1.82) is 0 Å².